The van der Waals surface area contributed by atoms with Crippen molar-refractivity contribution in [2.45, 2.75) is 13.0 Å². The molecule has 1 N–H and O–H groups in total. The van der Waals surface area contributed by atoms with E-state index in [4.69, 9.17) is 4.74 Å². The number of aliphatic hydroxyl groups is 1. The van der Waals surface area contributed by atoms with Gasteiger partial charge in [-0.05, 0) is 18.1 Å². The number of aliphatic hydroxyl groups excluding tert-OH is 1. The predicted molar refractivity (Wildman–Crippen MR) is 63.5 cm³/mol. The van der Waals surface area contributed by atoms with Crippen molar-refractivity contribution >= 4 is 5.91 Å². The van der Waals surface area contributed by atoms with Gasteiger partial charge in [0.2, 0.25) is 0 Å². The van der Waals surface area contributed by atoms with Gasteiger partial charge in [-0.1, -0.05) is 24.3 Å². The average Bonchev–Trinajstić information content (AvgIpc) is 2.39. The van der Waals surface area contributed by atoms with Crippen LogP contribution < -0.4 is 0 Å². The molecule has 2 rings (SSSR count). The Kier molecular flexibility index (Phi) is 3.76. The first kappa shape index (κ1) is 12.1. The number of benzene rings is 1. The number of rotatable bonds is 2. The number of amides is 1. The lowest BCUT2D eigenvalue weighted by Gasteiger charge is -2.29. The van der Waals surface area contributed by atoms with E-state index < -0.39 is 6.10 Å². The van der Waals surface area contributed by atoms with E-state index in [1.165, 1.54) is 0 Å². The molecule has 1 aromatic rings. The lowest BCUT2D eigenvalue weighted by molar-refractivity contribution is -0.144. The Labute approximate surface area is 101 Å². The van der Waals surface area contributed by atoms with Gasteiger partial charge in [-0.2, -0.15) is 0 Å². The highest BCUT2D eigenvalue weighted by Gasteiger charge is 2.25. The minimum atomic E-state index is -1.06. The molecule has 1 aliphatic heterocycles. The van der Waals surface area contributed by atoms with E-state index in [0.29, 0.717) is 31.9 Å². The van der Waals surface area contributed by atoms with Gasteiger partial charge in [0.05, 0.1) is 13.2 Å². The Balaban J connectivity index is 2.11. The number of carbonyl (C=O) groups excluding carboxylic acids is 1. The maximum atomic E-state index is 12.1. The summed E-state index contributed by atoms with van der Waals surface area (Å²) in [5.41, 5.74) is 1.62. The topological polar surface area (TPSA) is 49.8 Å². The third kappa shape index (κ3) is 2.65. The van der Waals surface area contributed by atoms with E-state index in [1.54, 1.807) is 11.0 Å². The predicted octanol–water partition coefficient (Wildman–Crippen LogP) is 0.887. The Morgan fingerprint density at radius 1 is 1.35 bits per heavy atom. The average molecular weight is 235 g/mol. The van der Waals surface area contributed by atoms with Gasteiger partial charge in [-0.15, -0.1) is 0 Å². The van der Waals surface area contributed by atoms with Gasteiger partial charge in [0.1, 0.15) is 0 Å². The molecule has 0 spiro atoms. The highest BCUT2D eigenvalue weighted by atomic mass is 16.5. The second-order valence-electron chi connectivity index (χ2n) is 4.20. The first-order valence-corrected chi connectivity index (χ1v) is 5.80. The molecular weight excluding hydrogens is 218 g/mol. The third-order valence-corrected chi connectivity index (χ3v) is 3.04. The van der Waals surface area contributed by atoms with Crippen molar-refractivity contribution < 1.29 is 14.6 Å². The van der Waals surface area contributed by atoms with Crippen molar-refractivity contribution in [1.82, 2.24) is 4.90 Å². The summed E-state index contributed by atoms with van der Waals surface area (Å²) >= 11 is 0. The first-order valence-electron chi connectivity index (χ1n) is 5.80. The Bertz CT molecular complexity index is 399. The largest absolute Gasteiger partial charge is 0.378 e. The lowest BCUT2D eigenvalue weighted by atomic mass is 10.0. The normalized spacial score (nSPS) is 17.9. The monoisotopic (exact) mass is 235 g/mol. The van der Waals surface area contributed by atoms with E-state index in [2.05, 4.69) is 0 Å². The number of morpholine rings is 1. The molecule has 1 amide bonds. The molecule has 4 heteroatoms. The first-order chi connectivity index (χ1) is 8.20. The van der Waals surface area contributed by atoms with Crippen LogP contribution in [0.5, 0.6) is 0 Å². The fourth-order valence-corrected chi connectivity index (χ4v) is 1.98. The zero-order valence-corrected chi connectivity index (χ0v) is 9.93. The van der Waals surface area contributed by atoms with Crippen LogP contribution in [-0.4, -0.2) is 42.2 Å². The number of aryl methyl sites for hydroxylation is 1. The minimum Gasteiger partial charge on any atom is -0.378 e. The van der Waals surface area contributed by atoms with Gasteiger partial charge >= 0.3 is 0 Å². The summed E-state index contributed by atoms with van der Waals surface area (Å²) in [5.74, 6) is -0.234. The van der Waals surface area contributed by atoms with Crippen LogP contribution in [0.25, 0.3) is 0 Å². The Morgan fingerprint density at radius 3 is 2.65 bits per heavy atom. The molecule has 1 fully saturated rings. The van der Waals surface area contributed by atoms with E-state index in [9.17, 15) is 9.90 Å². The zero-order valence-electron chi connectivity index (χ0n) is 9.93. The van der Waals surface area contributed by atoms with Crippen LogP contribution >= 0.6 is 0 Å². The highest BCUT2D eigenvalue weighted by molar-refractivity contribution is 5.82. The van der Waals surface area contributed by atoms with Crippen molar-refractivity contribution in [2.24, 2.45) is 0 Å². The minimum absolute atomic E-state index is 0.234. The summed E-state index contributed by atoms with van der Waals surface area (Å²) in [4.78, 5) is 13.7. The Hall–Kier alpha value is -1.39. The summed E-state index contributed by atoms with van der Waals surface area (Å²) in [6.07, 6.45) is -1.06. The molecule has 0 bridgehead atoms. The highest BCUT2D eigenvalue weighted by Crippen LogP contribution is 2.19. The molecule has 0 aliphatic carbocycles. The van der Waals surface area contributed by atoms with Crippen molar-refractivity contribution in [1.29, 1.82) is 0 Å². The second kappa shape index (κ2) is 5.29. The van der Waals surface area contributed by atoms with Crippen molar-refractivity contribution in [3.8, 4) is 0 Å². The van der Waals surface area contributed by atoms with Crippen LogP contribution in [-0.2, 0) is 9.53 Å². The van der Waals surface area contributed by atoms with Gasteiger partial charge in [-0.3, -0.25) is 4.79 Å². The molecule has 1 saturated heterocycles. The van der Waals surface area contributed by atoms with E-state index >= 15 is 0 Å². The van der Waals surface area contributed by atoms with Crippen molar-refractivity contribution in [3.63, 3.8) is 0 Å². The maximum absolute atomic E-state index is 12.1. The number of hydrogen-bond acceptors (Lipinski definition) is 3. The number of hydrogen-bond donors (Lipinski definition) is 1. The molecule has 1 heterocycles. The smallest absolute Gasteiger partial charge is 0.256 e. The second-order valence-corrected chi connectivity index (χ2v) is 4.20. The fourth-order valence-electron chi connectivity index (χ4n) is 1.98. The summed E-state index contributed by atoms with van der Waals surface area (Å²) in [6, 6.07) is 7.41. The third-order valence-electron chi connectivity index (χ3n) is 3.04. The summed E-state index contributed by atoms with van der Waals surface area (Å²) in [7, 11) is 0. The molecule has 1 atom stereocenters. The van der Waals surface area contributed by atoms with Gasteiger partial charge in [0.15, 0.2) is 6.10 Å². The Morgan fingerprint density at radius 2 is 2.00 bits per heavy atom. The van der Waals surface area contributed by atoms with Crippen LogP contribution in [0, 0.1) is 6.92 Å². The molecule has 1 aromatic carbocycles. The zero-order chi connectivity index (χ0) is 12.3. The molecule has 92 valence electrons. The van der Waals surface area contributed by atoms with E-state index in [0.717, 1.165) is 5.56 Å². The summed E-state index contributed by atoms with van der Waals surface area (Å²) in [6.45, 7) is 4.10. The van der Waals surface area contributed by atoms with Crippen LogP contribution in [0.1, 0.15) is 17.2 Å². The molecule has 1 unspecified atom stereocenters. The van der Waals surface area contributed by atoms with E-state index in [1.807, 2.05) is 25.1 Å². The molecular formula is C13H17NO3. The standard InChI is InChI=1S/C13H17NO3/c1-10-4-2-3-5-11(10)12(15)13(16)14-6-8-17-9-7-14/h2-5,12,15H,6-9H2,1H3. The number of nitrogens with zero attached hydrogens (tertiary/aromatic N) is 1. The number of carbonyl (C=O) groups is 1. The van der Waals surface area contributed by atoms with Crippen molar-refractivity contribution in [3.05, 3.63) is 35.4 Å². The summed E-state index contributed by atoms with van der Waals surface area (Å²) < 4.78 is 5.18. The maximum Gasteiger partial charge on any atom is 0.256 e. The summed E-state index contributed by atoms with van der Waals surface area (Å²) in [5, 5.41) is 10.1. The SMILES string of the molecule is Cc1ccccc1C(O)C(=O)N1CCOCC1. The molecule has 0 saturated carbocycles. The molecule has 0 aromatic heterocycles. The van der Waals surface area contributed by atoms with Crippen LogP contribution in [0.3, 0.4) is 0 Å². The molecule has 4 nitrogen and oxygen atoms in total. The van der Waals surface area contributed by atoms with Gasteiger partial charge in [0.25, 0.3) is 5.91 Å². The van der Waals surface area contributed by atoms with Crippen LogP contribution in [0.4, 0.5) is 0 Å². The van der Waals surface area contributed by atoms with Gasteiger partial charge in [0, 0.05) is 13.1 Å². The number of ether oxygens (including phenoxy) is 1. The van der Waals surface area contributed by atoms with Crippen LogP contribution in [0.2, 0.25) is 0 Å². The molecule has 17 heavy (non-hydrogen) atoms. The van der Waals surface area contributed by atoms with Crippen molar-refractivity contribution in [2.75, 3.05) is 26.3 Å². The van der Waals surface area contributed by atoms with Crippen LogP contribution in [0.15, 0.2) is 24.3 Å². The molecule has 0 radical (unpaired) electrons. The molecule has 1 aliphatic rings. The van der Waals surface area contributed by atoms with Gasteiger partial charge < -0.3 is 14.7 Å². The van der Waals surface area contributed by atoms with E-state index in [-0.39, 0.29) is 5.91 Å². The lowest BCUT2D eigenvalue weighted by Crippen LogP contribution is -2.43. The quantitative estimate of drug-likeness (QED) is 0.828. The van der Waals surface area contributed by atoms with Gasteiger partial charge in [-0.25, -0.2) is 0 Å². The fraction of sp³-hybridized carbons (Fsp3) is 0.462.